The number of rotatable bonds is 2. The van der Waals surface area contributed by atoms with Gasteiger partial charge < -0.3 is 5.73 Å². The molecule has 0 amide bonds. The Balaban J connectivity index is 2.18. The molecule has 0 aliphatic carbocycles. The van der Waals surface area contributed by atoms with E-state index in [1.165, 1.54) is 0 Å². The van der Waals surface area contributed by atoms with Crippen molar-refractivity contribution in [3.05, 3.63) is 54.0 Å². The van der Waals surface area contributed by atoms with E-state index in [1.807, 2.05) is 47.9 Å². The second-order valence-electron chi connectivity index (χ2n) is 4.25. The average Bonchev–Trinajstić information content (AvgIpc) is 2.74. The van der Waals surface area contributed by atoms with Crippen LogP contribution in [0.15, 0.2) is 42.6 Å². The third kappa shape index (κ3) is 1.98. The molecule has 0 fully saturated rings. The summed E-state index contributed by atoms with van der Waals surface area (Å²) in [5.41, 5.74) is 8.34. The van der Waals surface area contributed by atoms with Crippen LogP contribution in [-0.2, 0) is 0 Å². The van der Waals surface area contributed by atoms with Gasteiger partial charge >= 0.3 is 0 Å². The van der Waals surface area contributed by atoms with Crippen molar-refractivity contribution in [1.82, 2.24) is 14.5 Å². The molecule has 1 aromatic carbocycles. The highest BCUT2D eigenvalue weighted by molar-refractivity contribution is 7.80. The molecule has 3 aromatic rings. The summed E-state index contributed by atoms with van der Waals surface area (Å²) in [7, 11) is 0. The molecule has 3 rings (SSSR count). The minimum Gasteiger partial charge on any atom is -0.389 e. The van der Waals surface area contributed by atoms with E-state index in [2.05, 4.69) is 9.97 Å². The molecule has 0 atom stereocenters. The van der Waals surface area contributed by atoms with Crippen molar-refractivity contribution in [2.45, 2.75) is 6.92 Å². The van der Waals surface area contributed by atoms with Gasteiger partial charge in [-0.3, -0.25) is 4.57 Å². The summed E-state index contributed by atoms with van der Waals surface area (Å²) in [5, 5.41) is 0. The molecule has 0 spiro atoms. The fourth-order valence-corrected chi connectivity index (χ4v) is 2.22. The number of aryl methyl sites for hydroxylation is 1. The van der Waals surface area contributed by atoms with Crippen LogP contribution in [0.1, 0.15) is 11.4 Å². The lowest BCUT2D eigenvalue weighted by Crippen LogP contribution is -2.10. The van der Waals surface area contributed by atoms with E-state index in [-0.39, 0.29) is 0 Å². The average molecular weight is 268 g/mol. The molecule has 94 valence electrons. The first kappa shape index (κ1) is 11.8. The summed E-state index contributed by atoms with van der Waals surface area (Å²) >= 11 is 4.93. The molecule has 0 saturated heterocycles. The lowest BCUT2D eigenvalue weighted by Gasteiger charge is -2.06. The minimum absolute atomic E-state index is 0.353. The molecule has 4 nitrogen and oxygen atoms in total. The number of nitrogens with zero attached hydrogens (tertiary/aromatic N) is 3. The Morgan fingerprint density at radius 1 is 1.21 bits per heavy atom. The Bertz CT molecular complexity index is 759. The topological polar surface area (TPSA) is 56.7 Å². The molecule has 0 aliphatic rings. The van der Waals surface area contributed by atoms with E-state index >= 15 is 0 Å². The van der Waals surface area contributed by atoms with Gasteiger partial charge in [0.05, 0.1) is 11.0 Å². The Labute approximate surface area is 115 Å². The van der Waals surface area contributed by atoms with Crippen molar-refractivity contribution in [2.75, 3.05) is 0 Å². The van der Waals surface area contributed by atoms with Crippen LogP contribution in [0.3, 0.4) is 0 Å². The van der Waals surface area contributed by atoms with Crippen molar-refractivity contribution in [3.8, 4) is 5.82 Å². The smallest absolute Gasteiger partial charge is 0.138 e. The Kier molecular flexibility index (Phi) is 2.76. The summed E-state index contributed by atoms with van der Waals surface area (Å²) in [6.45, 7) is 1.96. The predicted molar refractivity (Wildman–Crippen MR) is 79.5 cm³/mol. The van der Waals surface area contributed by atoms with Crippen LogP contribution in [0, 0.1) is 6.92 Å². The number of benzene rings is 1. The molecular weight excluding hydrogens is 256 g/mol. The van der Waals surface area contributed by atoms with Crippen molar-refractivity contribution >= 4 is 28.2 Å². The van der Waals surface area contributed by atoms with Gasteiger partial charge in [0.2, 0.25) is 0 Å². The van der Waals surface area contributed by atoms with Crippen LogP contribution < -0.4 is 5.73 Å². The molecule has 2 N–H and O–H groups in total. The molecule has 0 bridgehead atoms. The second-order valence-corrected chi connectivity index (χ2v) is 4.69. The Hall–Kier alpha value is -2.27. The largest absolute Gasteiger partial charge is 0.389 e. The van der Waals surface area contributed by atoms with Crippen LogP contribution in [0.4, 0.5) is 0 Å². The van der Waals surface area contributed by atoms with Gasteiger partial charge in [0.1, 0.15) is 16.6 Å². The summed E-state index contributed by atoms with van der Waals surface area (Å²) in [5.74, 6) is 1.71. The van der Waals surface area contributed by atoms with Crippen molar-refractivity contribution < 1.29 is 0 Å². The fraction of sp³-hybridized carbons (Fsp3) is 0.0714. The van der Waals surface area contributed by atoms with E-state index in [0.29, 0.717) is 4.99 Å². The molecular formula is C14H12N4S. The number of nitrogens with two attached hydrogens (primary N) is 1. The van der Waals surface area contributed by atoms with Crippen molar-refractivity contribution in [2.24, 2.45) is 5.73 Å². The Morgan fingerprint density at radius 2 is 2.00 bits per heavy atom. The van der Waals surface area contributed by atoms with Crippen LogP contribution >= 0.6 is 12.2 Å². The molecule has 5 heteroatoms. The maximum absolute atomic E-state index is 5.58. The van der Waals surface area contributed by atoms with Crippen LogP contribution in [0.25, 0.3) is 16.9 Å². The summed E-state index contributed by atoms with van der Waals surface area (Å²) in [6, 6.07) is 11.8. The quantitative estimate of drug-likeness (QED) is 0.725. The van der Waals surface area contributed by atoms with Gasteiger partial charge in [-0.25, -0.2) is 9.97 Å². The van der Waals surface area contributed by atoms with Gasteiger partial charge in [-0.2, -0.15) is 0 Å². The number of pyridine rings is 1. The molecule has 2 heterocycles. The first-order chi connectivity index (χ1) is 9.16. The molecule has 19 heavy (non-hydrogen) atoms. The van der Waals surface area contributed by atoms with E-state index in [1.54, 1.807) is 6.20 Å². The third-order valence-corrected chi connectivity index (χ3v) is 3.23. The van der Waals surface area contributed by atoms with Gasteiger partial charge in [-0.1, -0.05) is 24.4 Å². The van der Waals surface area contributed by atoms with Crippen molar-refractivity contribution in [1.29, 1.82) is 0 Å². The zero-order valence-corrected chi connectivity index (χ0v) is 11.2. The van der Waals surface area contributed by atoms with E-state index in [9.17, 15) is 0 Å². The van der Waals surface area contributed by atoms with Gasteiger partial charge in [-0.15, -0.1) is 0 Å². The van der Waals surface area contributed by atoms with E-state index in [0.717, 1.165) is 28.2 Å². The van der Waals surface area contributed by atoms with Crippen LogP contribution in [-0.4, -0.2) is 19.5 Å². The maximum Gasteiger partial charge on any atom is 0.138 e. The van der Waals surface area contributed by atoms with Crippen LogP contribution in [0.5, 0.6) is 0 Å². The maximum atomic E-state index is 5.58. The standard InChI is InChI=1S/C14H12N4S/c1-9-17-11-4-2-3-5-12(11)18(9)13-7-6-10(8-16-13)14(15)19/h2-8H,1H3,(H2,15,19). The monoisotopic (exact) mass is 268 g/mol. The highest BCUT2D eigenvalue weighted by atomic mass is 32.1. The first-order valence-electron chi connectivity index (χ1n) is 5.87. The second kappa shape index (κ2) is 4.44. The molecule has 0 unspecified atom stereocenters. The zero-order valence-electron chi connectivity index (χ0n) is 10.4. The number of hydrogen-bond donors (Lipinski definition) is 1. The third-order valence-electron chi connectivity index (χ3n) is 2.99. The SMILES string of the molecule is Cc1nc2ccccc2n1-c1ccc(C(N)=S)cn1. The van der Waals surface area contributed by atoms with Crippen molar-refractivity contribution in [3.63, 3.8) is 0 Å². The number of imidazole rings is 1. The minimum atomic E-state index is 0.353. The number of para-hydroxylation sites is 2. The highest BCUT2D eigenvalue weighted by Crippen LogP contribution is 2.19. The lowest BCUT2D eigenvalue weighted by atomic mass is 10.3. The molecule has 0 saturated carbocycles. The van der Waals surface area contributed by atoms with E-state index in [4.69, 9.17) is 18.0 Å². The number of fused-ring (bicyclic) bond motifs is 1. The fourth-order valence-electron chi connectivity index (χ4n) is 2.10. The summed E-state index contributed by atoms with van der Waals surface area (Å²) in [6.07, 6.45) is 1.69. The Morgan fingerprint density at radius 3 is 2.68 bits per heavy atom. The van der Waals surface area contributed by atoms with Crippen LogP contribution in [0.2, 0.25) is 0 Å². The molecule has 2 aromatic heterocycles. The number of hydrogen-bond acceptors (Lipinski definition) is 3. The zero-order chi connectivity index (χ0) is 13.4. The lowest BCUT2D eigenvalue weighted by molar-refractivity contribution is 0.956. The van der Waals surface area contributed by atoms with Gasteiger partial charge in [0, 0.05) is 11.8 Å². The summed E-state index contributed by atoms with van der Waals surface area (Å²) in [4.78, 5) is 9.28. The van der Waals surface area contributed by atoms with Gasteiger partial charge in [0.25, 0.3) is 0 Å². The molecule has 0 radical (unpaired) electrons. The normalized spacial score (nSPS) is 10.8. The molecule has 0 aliphatic heterocycles. The van der Waals surface area contributed by atoms with Gasteiger partial charge in [0.15, 0.2) is 0 Å². The summed E-state index contributed by atoms with van der Waals surface area (Å²) < 4.78 is 2.01. The predicted octanol–water partition coefficient (Wildman–Crippen LogP) is 2.36. The first-order valence-corrected chi connectivity index (χ1v) is 6.28. The van der Waals surface area contributed by atoms with E-state index < -0.39 is 0 Å². The highest BCUT2D eigenvalue weighted by Gasteiger charge is 2.09. The number of aromatic nitrogens is 3. The van der Waals surface area contributed by atoms with Gasteiger partial charge in [-0.05, 0) is 31.2 Å². The number of thiocarbonyl (C=S) groups is 1.